The Morgan fingerprint density at radius 2 is 1.79 bits per heavy atom. The van der Waals surface area contributed by atoms with E-state index in [1.807, 2.05) is 10.9 Å². The fourth-order valence-electron chi connectivity index (χ4n) is 4.90. The maximum atomic E-state index is 14.2. The molecule has 2 fully saturated rings. The van der Waals surface area contributed by atoms with Gasteiger partial charge in [0, 0.05) is 56.1 Å². The Hall–Kier alpha value is -3.54. The minimum atomic E-state index is -1.36. The van der Waals surface area contributed by atoms with Crippen molar-refractivity contribution in [2.24, 2.45) is 0 Å². The Bertz CT molecular complexity index is 1510. The highest BCUT2D eigenvalue weighted by Crippen LogP contribution is 2.37. The van der Waals surface area contributed by atoms with Crippen LogP contribution in [0.2, 0.25) is 0 Å². The van der Waals surface area contributed by atoms with Gasteiger partial charge in [-0.1, -0.05) is 6.07 Å². The highest BCUT2D eigenvalue weighted by atomic mass is 19.1. The van der Waals surface area contributed by atoms with Gasteiger partial charge in [-0.2, -0.15) is 5.10 Å². The molecule has 1 aliphatic heterocycles. The van der Waals surface area contributed by atoms with Crippen LogP contribution >= 0.6 is 0 Å². The lowest BCUT2D eigenvalue weighted by Crippen LogP contribution is -2.46. The molecular weight excluding hydrogens is 504 g/mol. The topological polar surface area (TPSA) is 103 Å². The summed E-state index contributed by atoms with van der Waals surface area (Å²) in [5, 5.41) is 25.4. The molecule has 9 nitrogen and oxygen atoms in total. The first-order chi connectivity index (χ1) is 18.7. The summed E-state index contributed by atoms with van der Waals surface area (Å²) in [5.74, 6) is -0.401. The number of pyridine rings is 1. The fourth-order valence-corrected chi connectivity index (χ4v) is 4.90. The van der Waals surface area contributed by atoms with E-state index >= 15 is 0 Å². The Labute approximate surface area is 224 Å². The van der Waals surface area contributed by atoms with E-state index in [0.29, 0.717) is 72.6 Å². The summed E-state index contributed by atoms with van der Waals surface area (Å²) in [6.45, 7) is 6.10. The Morgan fingerprint density at radius 3 is 2.49 bits per heavy atom. The number of aromatic nitrogens is 5. The lowest BCUT2D eigenvalue weighted by atomic mass is 9.98. The number of anilines is 1. The second-order valence-corrected chi connectivity index (χ2v) is 11.0. The molecule has 1 aliphatic carbocycles. The predicted octanol–water partition coefficient (Wildman–Crippen LogP) is 3.63. The van der Waals surface area contributed by atoms with Gasteiger partial charge in [0.25, 0.3) is 0 Å². The van der Waals surface area contributed by atoms with Gasteiger partial charge in [-0.15, -0.1) is 0 Å². The highest BCUT2D eigenvalue weighted by Gasteiger charge is 2.29. The van der Waals surface area contributed by atoms with Gasteiger partial charge >= 0.3 is 0 Å². The molecule has 0 unspecified atom stereocenters. The molecule has 2 aliphatic rings. The van der Waals surface area contributed by atoms with E-state index in [4.69, 9.17) is 9.97 Å². The van der Waals surface area contributed by atoms with Gasteiger partial charge in [0.05, 0.1) is 35.2 Å². The first kappa shape index (κ1) is 25.7. The molecule has 39 heavy (non-hydrogen) atoms. The van der Waals surface area contributed by atoms with E-state index in [9.17, 15) is 19.0 Å². The molecule has 0 radical (unpaired) electrons. The predicted molar refractivity (Wildman–Crippen MR) is 142 cm³/mol. The van der Waals surface area contributed by atoms with Crippen LogP contribution in [0.15, 0.2) is 42.9 Å². The van der Waals surface area contributed by atoms with E-state index < -0.39 is 23.3 Å². The molecule has 3 aromatic heterocycles. The molecule has 0 bridgehead atoms. The van der Waals surface area contributed by atoms with E-state index in [0.717, 1.165) is 24.5 Å². The molecule has 4 aromatic rings. The van der Waals surface area contributed by atoms with Crippen LogP contribution in [-0.2, 0) is 6.54 Å². The molecule has 0 amide bonds. The Balaban J connectivity index is 1.30. The zero-order valence-corrected chi connectivity index (χ0v) is 21.9. The van der Waals surface area contributed by atoms with Crippen molar-refractivity contribution in [3.63, 3.8) is 0 Å². The number of hydrogen-bond acceptors (Lipinski definition) is 8. The van der Waals surface area contributed by atoms with Crippen molar-refractivity contribution in [3.8, 4) is 11.3 Å². The highest BCUT2D eigenvalue weighted by molar-refractivity contribution is 5.83. The van der Waals surface area contributed by atoms with Crippen LogP contribution in [0.25, 0.3) is 22.3 Å². The van der Waals surface area contributed by atoms with Gasteiger partial charge in [-0.25, -0.2) is 18.7 Å². The van der Waals surface area contributed by atoms with Crippen molar-refractivity contribution in [2.75, 3.05) is 31.1 Å². The van der Waals surface area contributed by atoms with Crippen LogP contribution in [0.1, 0.15) is 50.1 Å². The molecule has 2 N–H and O–H groups in total. The molecule has 1 saturated carbocycles. The van der Waals surface area contributed by atoms with E-state index in [1.54, 1.807) is 18.5 Å². The smallest absolute Gasteiger partial charge is 0.156 e. The largest absolute Gasteiger partial charge is 0.387 e. The van der Waals surface area contributed by atoms with Crippen LogP contribution in [-0.4, -0.2) is 71.6 Å². The summed E-state index contributed by atoms with van der Waals surface area (Å²) >= 11 is 0. The van der Waals surface area contributed by atoms with Crippen LogP contribution in [0.4, 0.5) is 14.6 Å². The van der Waals surface area contributed by atoms with Crippen LogP contribution in [0, 0.1) is 11.6 Å². The summed E-state index contributed by atoms with van der Waals surface area (Å²) < 4.78 is 29.5. The van der Waals surface area contributed by atoms with E-state index in [-0.39, 0.29) is 0 Å². The van der Waals surface area contributed by atoms with Crippen LogP contribution in [0.3, 0.4) is 0 Å². The zero-order chi connectivity index (χ0) is 27.3. The average molecular weight is 536 g/mol. The van der Waals surface area contributed by atoms with Crippen molar-refractivity contribution >= 4 is 16.9 Å². The minimum Gasteiger partial charge on any atom is -0.387 e. The number of piperazine rings is 1. The van der Waals surface area contributed by atoms with Gasteiger partial charge in [-0.3, -0.25) is 14.6 Å². The maximum absolute atomic E-state index is 14.2. The number of fused-ring (bicyclic) bond motifs is 1. The lowest BCUT2D eigenvalue weighted by molar-refractivity contribution is -0.0516. The second-order valence-electron chi connectivity index (χ2n) is 11.0. The number of benzene rings is 1. The molecule has 11 heteroatoms. The van der Waals surface area contributed by atoms with Gasteiger partial charge < -0.3 is 15.1 Å². The number of halogens is 2. The zero-order valence-electron chi connectivity index (χ0n) is 21.9. The van der Waals surface area contributed by atoms with E-state index in [2.05, 4.69) is 19.9 Å². The molecule has 1 atom stereocenters. The summed E-state index contributed by atoms with van der Waals surface area (Å²) in [5.41, 5.74) is 2.10. The molecule has 0 spiro atoms. The second kappa shape index (κ2) is 9.89. The Kier molecular flexibility index (Phi) is 6.52. The third-order valence-corrected chi connectivity index (χ3v) is 7.38. The number of aliphatic hydroxyl groups excluding tert-OH is 1. The maximum Gasteiger partial charge on any atom is 0.156 e. The fraction of sp³-hybridized carbons (Fsp3) is 0.429. The van der Waals surface area contributed by atoms with Crippen molar-refractivity contribution < 1.29 is 19.0 Å². The van der Waals surface area contributed by atoms with E-state index in [1.165, 1.54) is 26.0 Å². The minimum absolute atomic E-state index is 0.318. The SMILES string of the molecule is CC(C)(O)[C@@H](O)c1cc2nc(-c3cnn(C4CC4)c3)c(N3CCN(Cc4ccc(F)cc4F)CC3)nc2cn1. The third-order valence-electron chi connectivity index (χ3n) is 7.38. The first-order valence-corrected chi connectivity index (χ1v) is 13.2. The van der Waals surface area contributed by atoms with Crippen molar-refractivity contribution in [1.82, 2.24) is 29.6 Å². The average Bonchev–Trinajstić information content (AvgIpc) is 3.65. The normalized spacial score (nSPS) is 17.6. The van der Waals surface area contributed by atoms with Gasteiger partial charge in [-0.05, 0) is 38.8 Å². The summed E-state index contributed by atoms with van der Waals surface area (Å²) in [6.07, 6.45) is 6.41. The summed E-state index contributed by atoms with van der Waals surface area (Å²) in [4.78, 5) is 18.5. The van der Waals surface area contributed by atoms with Crippen LogP contribution < -0.4 is 4.90 Å². The molecule has 6 rings (SSSR count). The molecule has 1 saturated heterocycles. The van der Waals surface area contributed by atoms with Crippen molar-refractivity contribution in [2.45, 2.75) is 51.0 Å². The van der Waals surface area contributed by atoms with Crippen LogP contribution in [0.5, 0.6) is 0 Å². The standard InChI is InChI=1S/C28H31F2N7O2/c1-28(2,39)26(38)23-12-22-24(14-31-23)34-27(25(33-22)18-13-32-37(16-18)20-5-6-20)36-9-7-35(8-10-36)15-17-3-4-19(29)11-21(17)30/h3-4,11-14,16,20,26,38-39H,5-10,15H2,1-2H3/t26-/m0/s1. The quantitative estimate of drug-likeness (QED) is 0.370. The summed E-state index contributed by atoms with van der Waals surface area (Å²) in [7, 11) is 0. The number of aliphatic hydroxyl groups is 2. The third kappa shape index (κ3) is 5.34. The Morgan fingerprint density at radius 1 is 1.03 bits per heavy atom. The number of rotatable bonds is 7. The number of hydrogen-bond donors (Lipinski definition) is 2. The van der Waals surface area contributed by atoms with Gasteiger partial charge in [0.1, 0.15) is 28.9 Å². The first-order valence-electron chi connectivity index (χ1n) is 13.2. The molecule has 1 aromatic carbocycles. The molecule has 204 valence electrons. The molecule has 4 heterocycles. The monoisotopic (exact) mass is 535 g/mol. The summed E-state index contributed by atoms with van der Waals surface area (Å²) in [6, 6.07) is 5.79. The van der Waals surface area contributed by atoms with Crippen molar-refractivity contribution in [1.29, 1.82) is 0 Å². The van der Waals surface area contributed by atoms with Gasteiger partial charge in [0.2, 0.25) is 0 Å². The van der Waals surface area contributed by atoms with Gasteiger partial charge in [0.15, 0.2) is 5.82 Å². The lowest BCUT2D eigenvalue weighted by Gasteiger charge is -2.36. The molecular formula is C28H31F2N7O2. The number of nitrogens with zero attached hydrogens (tertiary/aromatic N) is 7. The van der Waals surface area contributed by atoms with Crippen molar-refractivity contribution in [3.05, 3.63) is 65.7 Å².